The third-order valence-corrected chi connectivity index (χ3v) is 8.25. The van der Waals surface area contributed by atoms with Crippen molar-refractivity contribution in [1.82, 2.24) is 0 Å². The Balaban J connectivity index is 1.27. The maximum Gasteiger partial charge on any atom is 0.425 e. The summed E-state index contributed by atoms with van der Waals surface area (Å²) >= 11 is 0. The number of benzene rings is 3. The lowest BCUT2D eigenvalue weighted by Crippen LogP contribution is -2.41. The van der Waals surface area contributed by atoms with Gasteiger partial charge in [0.05, 0.1) is 17.7 Å². The van der Waals surface area contributed by atoms with Crippen LogP contribution in [0, 0.1) is 5.92 Å². The van der Waals surface area contributed by atoms with Gasteiger partial charge in [0.25, 0.3) is 0 Å². The molecule has 0 amide bonds. The lowest BCUT2D eigenvalue weighted by atomic mass is 9.85. The molecule has 44 heavy (non-hydrogen) atoms. The highest BCUT2D eigenvalue weighted by Gasteiger charge is 2.47. The number of unbranched alkanes of at least 4 members (excludes halogenated alkanes) is 7. The lowest BCUT2D eigenvalue weighted by Gasteiger charge is -2.31. The molecule has 0 radical (unpaired) electrons. The van der Waals surface area contributed by atoms with Crippen molar-refractivity contribution in [3.05, 3.63) is 71.8 Å². The Morgan fingerprint density at radius 3 is 2.00 bits per heavy atom. The predicted molar refractivity (Wildman–Crippen MR) is 165 cm³/mol. The number of alkyl halides is 3. The van der Waals surface area contributed by atoms with Gasteiger partial charge in [0.1, 0.15) is 11.5 Å². The number of halogens is 3. The summed E-state index contributed by atoms with van der Waals surface area (Å²) in [6.07, 6.45) is 6.23. The first kappa shape index (κ1) is 33.3. The van der Waals surface area contributed by atoms with E-state index in [4.69, 9.17) is 14.2 Å². The molecule has 0 N–H and O–H groups in total. The molecule has 1 fully saturated rings. The van der Waals surface area contributed by atoms with E-state index in [1.54, 1.807) is 12.1 Å². The number of carbonyl (C=O) groups is 2. The minimum Gasteiger partial charge on any atom is -0.494 e. The fraction of sp³-hybridized carbons (Fsp3) is 0.500. The molecule has 1 aliphatic rings. The van der Waals surface area contributed by atoms with Crippen molar-refractivity contribution in [2.24, 2.45) is 5.92 Å². The van der Waals surface area contributed by atoms with E-state index in [1.165, 1.54) is 62.8 Å². The second kappa shape index (κ2) is 16.5. The normalized spacial score (nSPS) is 14.7. The Kier molecular flexibility index (Phi) is 12.5. The first-order valence-electron chi connectivity index (χ1n) is 16.0. The molecule has 0 heterocycles. The molecule has 0 aromatic heterocycles. The second-order valence-electron chi connectivity index (χ2n) is 11.7. The molecular weight excluding hydrogens is 569 g/mol. The van der Waals surface area contributed by atoms with Crippen LogP contribution in [0.4, 0.5) is 13.2 Å². The molecule has 1 aliphatic carbocycles. The molecule has 238 valence electrons. The van der Waals surface area contributed by atoms with Gasteiger partial charge in [0.2, 0.25) is 0 Å². The van der Waals surface area contributed by atoms with Crippen LogP contribution in [0.25, 0.3) is 10.8 Å². The van der Waals surface area contributed by atoms with E-state index in [-0.39, 0.29) is 11.3 Å². The van der Waals surface area contributed by atoms with E-state index in [9.17, 15) is 22.8 Å². The van der Waals surface area contributed by atoms with Crippen LogP contribution in [0.15, 0.2) is 60.7 Å². The van der Waals surface area contributed by atoms with Crippen molar-refractivity contribution in [1.29, 1.82) is 0 Å². The first-order valence-corrected chi connectivity index (χ1v) is 16.0. The van der Waals surface area contributed by atoms with E-state index in [0.717, 1.165) is 35.8 Å². The third-order valence-electron chi connectivity index (χ3n) is 8.25. The standard InChI is InChI=1S/C36H43F3O5/c1-2-3-4-5-6-7-8-12-23-42-32-22-19-28-24-30(16-15-29(28)25-32)35(41)43-31-20-17-27(18-21-31)34(40)44-33(36(37,38)39)26-13-10-9-11-14-26/h15-22,24-26,33H,2-14,23H2,1H3. The smallest absolute Gasteiger partial charge is 0.425 e. The topological polar surface area (TPSA) is 61.8 Å². The van der Waals surface area contributed by atoms with E-state index >= 15 is 0 Å². The molecule has 8 heteroatoms. The van der Waals surface area contributed by atoms with Crippen molar-refractivity contribution in [3.63, 3.8) is 0 Å². The van der Waals surface area contributed by atoms with E-state index < -0.39 is 30.1 Å². The van der Waals surface area contributed by atoms with Crippen LogP contribution in [0.2, 0.25) is 0 Å². The van der Waals surface area contributed by atoms with Crippen LogP contribution < -0.4 is 9.47 Å². The van der Waals surface area contributed by atoms with E-state index in [2.05, 4.69) is 6.92 Å². The predicted octanol–water partition coefficient (Wildman–Crippen LogP) is 10.2. The van der Waals surface area contributed by atoms with Crippen LogP contribution in [-0.2, 0) is 4.74 Å². The van der Waals surface area contributed by atoms with Gasteiger partial charge >= 0.3 is 18.1 Å². The molecule has 0 saturated heterocycles. The van der Waals surface area contributed by atoms with E-state index in [0.29, 0.717) is 37.9 Å². The Hall–Kier alpha value is -3.55. The molecule has 3 aromatic rings. The second-order valence-corrected chi connectivity index (χ2v) is 11.7. The monoisotopic (exact) mass is 612 g/mol. The summed E-state index contributed by atoms with van der Waals surface area (Å²) in [7, 11) is 0. The van der Waals surface area contributed by atoms with Gasteiger partial charge in [-0.15, -0.1) is 0 Å². The van der Waals surface area contributed by atoms with Gasteiger partial charge < -0.3 is 14.2 Å². The summed E-state index contributed by atoms with van der Waals surface area (Å²) in [5.41, 5.74) is 0.301. The highest BCUT2D eigenvalue weighted by atomic mass is 19.4. The summed E-state index contributed by atoms with van der Waals surface area (Å²) in [6.45, 7) is 2.90. The van der Waals surface area contributed by atoms with Crippen molar-refractivity contribution in [2.45, 2.75) is 103 Å². The number of hydrogen-bond acceptors (Lipinski definition) is 5. The average Bonchev–Trinajstić information content (AvgIpc) is 3.02. The van der Waals surface area contributed by atoms with Gasteiger partial charge in [-0.2, -0.15) is 13.2 Å². The SMILES string of the molecule is CCCCCCCCCCOc1ccc2cc(C(=O)Oc3ccc(C(=O)OC(C4CCCCC4)C(F)(F)F)cc3)ccc2c1. The molecule has 3 aromatic carbocycles. The maximum absolute atomic E-state index is 13.6. The zero-order valence-corrected chi connectivity index (χ0v) is 25.5. The fourth-order valence-electron chi connectivity index (χ4n) is 5.74. The Morgan fingerprint density at radius 1 is 0.727 bits per heavy atom. The molecular formula is C36H43F3O5. The molecule has 1 atom stereocenters. The van der Waals surface area contributed by atoms with E-state index in [1.807, 2.05) is 24.3 Å². The maximum atomic E-state index is 13.6. The summed E-state index contributed by atoms with van der Waals surface area (Å²) < 4.78 is 57.3. The minimum atomic E-state index is -4.63. The van der Waals surface area contributed by atoms with Gasteiger partial charge in [0.15, 0.2) is 6.10 Å². The average molecular weight is 613 g/mol. The zero-order valence-electron chi connectivity index (χ0n) is 25.5. The number of carbonyl (C=O) groups excluding carboxylic acids is 2. The van der Waals surface area contributed by atoms with Crippen LogP contribution in [0.5, 0.6) is 11.5 Å². The van der Waals surface area contributed by atoms with Crippen molar-refractivity contribution < 1.29 is 37.0 Å². The molecule has 4 rings (SSSR count). The van der Waals surface area contributed by atoms with Gasteiger partial charge in [-0.05, 0) is 78.6 Å². The van der Waals surface area contributed by atoms with Crippen LogP contribution >= 0.6 is 0 Å². The Morgan fingerprint density at radius 2 is 1.32 bits per heavy atom. The highest BCUT2D eigenvalue weighted by Crippen LogP contribution is 2.37. The number of hydrogen-bond donors (Lipinski definition) is 0. The molecule has 1 unspecified atom stereocenters. The summed E-state index contributed by atoms with van der Waals surface area (Å²) in [4.78, 5) is 25.4. The molecule has 5 nitrogen and oxygen atoms in total. The first-order chi connectivity index (χ1) is 21.2. The molecule has 0 bridgehead atoms. The van der Waals surface area contributed by atoms with Crippen molar-refractivity contribution >= 4 is 22.7 Å². The quantitative estimate of drug-likeness (QED) is 0.0971. The Labute approximate surface area is 258 Å². The van der Waals surface area contributed by atoms with Crippen molar-refractivity contribution in [2.75, 3.05) is 6.61 Å². The molecule has 0 aliphatic heterocycles. The van der Waals surface area contributed by atoms with Gasteiger partial charge in [0, 0.05) is 5.92 Å². The van der Waals surface area contributed by atoms with Crippen LogP contribution in [0.1, 0.15) is 111 Å². The molecule has 0 spiro atoms. The largest absolute Gasteiger partial charge is 0.494 e. The van der Waals surface area contributed by atoms with Gasteiger partial charge in [-0.1, -0.05) is 83.3 Å². The highest BCUT2D eigenvalue weighted by molar-refractivity contribution is 5.97. The number of esters is 2. The fourth-order valence-corrected chi connectivity index (χ4v) is 5.74. The lowest BCUT2D eigenvalue weighted by molar-refractivity contribution is -0.222. The zero-order chi connectivity index (χ0) is 31.4. The summed E-state index contributed by atoms with van der Waals surface area (Å²) in [5.74, 6) is -1.42. The van der Waals surface area contributed by atoms with Crippen LogP contribution in [0.3, 0.4) is 0 Å². The third kappa shape index (κ3) is 10.00. The number of fused-ring (bicyclic) bond motifs is 1. The van der Waals surface area contributed by atoms with Gasteiger partial charge in [-0.3, -0.25) is 0 Å². The number of ether oxygens (including phenoxy) is 3. The Bertz CT molecular complexity index is 1350. The minimum absolute atomic E-state index is 0.0407. The van der Waals surface area contributed by atoms with Crippen LogP contribution in [-0.4, -0.2) is 30.8 Å². The van der Waals surface area contributed by atoms with Crippen molar-refractivity contribution in [3.8, 4) is 11.5 Å². The summed E-state index contributed by atoms with van der Waals surface area (Å²) in [5, 5.41) is 1.79. The summed E-state index contributed by atoms with van der Waals surface area (Å²) in [6, 6.07) is 16.3. The number of rotatable bonds is 15. The molecule has 1 saturated carbocycles. The van der Waals surface area contributed by atoms with Gasteiger partial charge in [-0.25, -0.2) is 9.59 Å².